The minimum atomic E-state index is -0.0547. The molecule has 0 bridgehead atoms. The Balaban J connectivity index is 1.81. The lowest BCUT2D eigenvalue weighted by Gasteiger charge is -2.34. The Bertz CT molecular complexity index is 656. The molecule has 2 aliphatic heterocycles. The molecule has 1 aromatic rings. The van der Waals surface area contributed by atoms with E-state index in [1.54, 1.807) is 16.3 Å². The fourth-order valence-corrected chi connectivity index (χ4v) is 4.49. The molecule has 0 spiro atoms. The second-order valence-electron chi connectivity index (χ2n) is 6.38. The number of aromatic nitrogens is 2. The fraction of sp³-hybridized carbons (Fsp3) is 0.688. The van der Waals surface area contributed by atoms with E-state index in [0.717, 1.165) is 36.0 Å². The van der Waals surface area contributed by atoms with Crippen molar-refractivity contribution < 1.29 is 4.79 Å². The number of likely N-dealkylation sites (tertiary alicyclic amines) is 1. The highest BCUT2D eigenvalue weighted by Gasteiger charge is 2.31. The SMILES string of the molecule is Cc1nc2n(c(=O)c1C)C(CC(=O)N1CCCCC1C)CS2. The summed E-state index contributed by atoms with van der Waals surface area (Å²) >= 11 is 1.58. The number of piperidine rings is 1. The maximum atomic E-state index is 12.6. The number of rotatable bonds is 2. The molecule has 2 aliphatic rings. The second kappa shape index (κ2) is 6.07. The van der Waals surface area contributed by atoms with Crippen molar-refractivity contribution in [2.24, 2.45) is 0 Å². The number of thioether (sulfide) groups is 1. The molecule has 0 N–H and O–H groups in total. The van der Waals surface area contributed by atoms with E-state index in [9.17, 15) is 9.59 Å². The summed E-state index contributed by atoms with van der Waals surface area (Å²) < 4.78 is 1.74. The highest BCUT2D eigenvalue weighted by molar-refractivity contribution is 7.99. The first kappa shape index (κ1) is 15.6. The van der Waals surface area contributed by atoms with Gasteiger partial charge in [0.15, 0.2) is 5.16 Å². The van der Waals surface area contributed by atoms with Crippen LogP contribution in [0.1, 0.15) is 49.9 Å². The van der Waals surface area contributed by atoms with Gasteiger partial charge in [-0.1, -0.05) is 11.8 Å². The number of hydrogen-bond donors (Lipinski definition) is 0. The summed E-state index contributed by atoms with van der Waals surface area (Å²) in [6, 6.07) is 0.269. The molecule has 0 aliphatic carbocycles. The Hall–Kier alpha value is -1.30. The molecule has 1 aromatic heterocycles. The number of carbonyl (C=O) groups excluding carboxylic acids is 1. The van der Waals surface area contributed by atoms with E-state index in [1.165, 1.54) is 6.42 Å². The van der Waals surface area contributed by atoms with E-state index in [4.69, 9.17) is 0 Å². The zero-order chi connectivity index (χ0) is 15.9. The van der Waals surface area contributed by atoms with Gasteiger partial charge in [-0.3, -0.25) is 14.2 Å². The summed E-state index contributed by atoms with van der Waals surface area (Å²) in [7, 11) is 0. The minimum Gasteiger partial charge on any atom is -0.340 e. The van der Waals surface area contributed by atoms with Gasteiger partial charge in [0.25, 0.3) is 5.56 Å². The van der Waals surface area contributed by atoms with Crippen LogP contribution < -0.4 is 5.56 Å². The van der Waals surface area contributed by atoms with Gasteiger partial charge in [-0.15, -0.1) is 0 Å². The zero-order valence-corrected chi connectivity index (χ0v) is 14.3. The molecule has 3 rings (SSSR count). The maximum Gasteiger partial charge on any atom is 0.257 e. The van der Waals surface area contributed by atoms with Crippen molar-refractivity contribution in [3.63, 3.8) is 0 Å². The van der Waals surface area contributed by atoms with Gasteiger partial charge in [0.2, 0.25) is 5.91 Å². The molecule has 2 atom stereocenters. The van der Waals surface area contributed by atoms with E-state index in [2.05, 4.69) is 11.9 Å². The quantitative estimate of drug-likeness (QED) is 0.784. The Morgan fingerprint density at radius 1 is 1.36 bits per heavy atom. The Morgan fingerprint density at radius 2 is 2.14 bits per heavy atom. The van der Waals surface area contributed by atoms with Gasteiger partial charge in [0.05, 0.1) is 6.04 Å². The number of amides is 1. The van der Waals surface area contributed by atoms with Crippen LogP contribution in [0, 0.1) is 13.8 Å². The lowest BCUT2D eigenvalue weighted by molar-refractivity contribution is -0.135. The molecular weight excluding hydrogens is 298 g/mol. The molecule has 2 unspecified atom stereocenters. The van der Waals surface area contributed by atoms with Crippen LogP contribution in [0.2, 0.25) is 0 Å². The first-order valence-corrected chi connectivity index (χ1v) is 8.99. The average Bonchev–Trinajstić information content (AvgIpc) is 2.88. The van der Waals surface area contributed by atoms with Crippen molar-refractivity contribution in [1.82, 2.24) is 14.5 Å². The highest BCUT2D eigenvalue weighted by atomic mass is 32.2. The van der Waals surface area contributed by atoms with Gasteiger partial charge < -0.3 is 4.90 Å². The lowest BCUT2D eigenvalue weighted by atomic mass is 10.0. The topological polar surface area (TPSA) is 55.2 Å². The van der Waals surface area contributed by atoms with Crippen LogP contribution in [0.5, 0.6) is 0 Å². The number of fused-ring (bicyclic) bond motifs is 1. The molecule has 5 nitrogen and oxygen atoms in total. The van der Waals surface area contributed by atoms with Crippen molar-refractivity contribution in [2.75, 3.05) is 12.3 Å². The molecule has 1 saturated heterocycles. The Kier molecular flexibility index (Phi) is 4.30. The fourth-order valence-electron chi connectivity index (χ4n) is 3.31. The van der Waals surface area contributed by atoms with Crippen LogP contribution in [0.4, 0.5) is 0 Å². The molecule has 120 valence electrons. The first-order chi connectivity index (χ1) is 10.5. The van der Waals surface area contributed by atoms with Gasteiger partial charge in [-0.25, -0.2) is 4.98 Å². The summed E-state index contributed by atoms with van der Waals surface area (Å²) in [4.78, 5) is 31.6. The molecular formula is C16H23N3O2S. The third-order valence-electron chi connectivity index (χ3n) is 4.86. The van der Waals surface area contributed by atoms with E-state index in [0.29, 0.717) is 18.0 Å². The predicted molar refractivity (Wildman–Crippen MR) is 87.4 cm³/mol. The van der Waals surface area contributed by atoms with Crippen LogP contribution in [-0.2, 0) is 4.79 Å². The minimum absolute atomic E-state index is 0.0111. The molecule has 3 heterocycles. The second-order valence-corrected chi connectivity index (χ2v) is 7.37. The van der Waals surface area contributed by atoms with Crippen molar-refractivity contribution in [1.29, 1.82) is 0 Å². The van der Waals surface area contributed by atoms with Crippen molar-refractivity contribution >= 4 is 17.7 Å². The van der Waals surface area contributed by atoms with Crippen LogP contribution >= 0.6 is 11.8 Å². The summed E-state index contributed by atoms with van der Waals surface area (Å²) in [6.45, 7) is 6.65. The third kappa shape index (κ3) is 2.69. The number of nitrogens with zero attached hydrogens (tertiary/aromatic N) is 3. The summed E-state index contributed by atoms with van der Waals surface area (Å²) in [5, 5.41) is 0.762. The Morgan fingerprint density at radius 3 is 2.86 bits per heavy atom. The molecule has 0 aromatic carbocycles. The van der Waals surface area contributed by atoms with Crippen LogP contribution in [0.3, 0.4) is 0 Å². The summed E-state index contributed by atoms with van der Waals surface area (Å²) in [5.74, 6) is 0.940. The lowest BCUT2D eigenvalue weighted by Crippen LogP contribution is -2.43. The number of carbonyl (C=O) groups is 1. The standard InChI is InChI=1S/C16H23N3O2S/c1-10-6-4-5-7-18(10)14(20)8-13-9-22-16-17-12(3)11(2)15(21)19(13)16/h10,13H,4-9H2,1-3H3. The third-order valence-corrected chi connectivity index (χ3v) is 5.95. The number of aryl methyl sites for hydroxylation is 1. The summed E-state index contributed by atoms with van der Waals surface area (Å²) in [6.07, 6.45) is 3.79. The van der Waals surface area contributed by atoms with Crippen LogP contribution in [0.25, 0.3) is 0 Å². The normalized spacial score (nSPS) is 24.4. The van der Waals surface area contributed by atoms with Crippen molar-refractivity contribution in [3.05, 3.63) is 21.6 Å². The largest absolute Gasteiger partial charge is 0.340 e. The molecule has 0 radical (unpaired) electrons. The smallest absolute Gasteiger partial charge is 0.257 e. The summed E-state index contributed by atoms with van der Waals surface area (Å²) in [5.41, 5.74) is 1.49. The van der Waals surface area contributed by atoms with E-state index in [-0.39, 0.29) is 17.5 Å². The molecule has 1 fully saturated rings. The van der Waals surface area contributed by atoms with E-state index in [1.807, 2.05) is 18.7 Å². The first-order valence-electron chi connectivity index (χ1n) is 8.01. The van der Waals surface area contributed by atoms with Crippen LogP contribution in [-0.4, -0.2) is 38.7 Å². The van der Waals surface area contributed by atoms with Gasteiger partial charge in [-0.2, -0.15) is 0 Å². The highest BCUT2D eigenvalue weighted by Crippen LogP contribution is 2.33. The van der Waals surface area contributed by atoms with Crippen LogP contribution in [0.15, 0.2) is 9.95 Å². The van der Waals surface area contributed by atoms with Gasteiger partial charge >= 0.3 is 0 Å². The molecule has 1 amide bonds. The molecule has 6 heteroatoms. The van der Waals surface area contributed by atoms with Crippen molar-refractivity contribution in [2.45, 2.75) is 63.7 Å². The molecule has 22 heavy (non-hydrogen) atoms. The predicted octanol–water partition coefficient (Wildman–Crippen LogP) is 2.30. The maximum absolute atomic E-state index is 12.6. The molecule has 0 saturated carbocycles. The Labute approximate surface area is 135 Å². The monoisotopic (exact) mass is 321 g/mol. The number of hydrogen-bond acceptors (Lipinski definition) is 4. The van der Waals surface area contributed by atoms with Gasteiger partial charge in [-0.05, 0) is 40.0 Å². The zero-order valence-electron chi connectivity index (χ0n) is 13.5. The van der Waals surface area contributed by atoms with Gasteiger partial charge in [0, 0.05) is 36.0 Å². The van der Waals surface area contributed by atoms with E-state index < -0.39 is 0 Å². The van der Waals surface area contributed by atoms with Crippen molar-refractivity contribution in [3.8, 4) is 0 Å². The van der Waals surface area contributed by atoms with Gasteiger partial charge in [0.1, 0.15) is 0 Å². The average molecular weight is 321 g/mol. The van der Waals surface area contributed by atoms with E-state index >= 15 is 0 Å².